The van der Waals surface area contributed by atoms with Crippen LogP contribution in [0, 0.1) is 0 Å². The number of nitrogens with one attached hydrogen (secondary N) is 1. The van der Waals surface area contributed by atoms with Crippen LogP contribution >= 0.6 is 0 Å². The van der Waals surface area contributed by atoms with Crippen molar-refractivity contribution < 1.29 is 18.0 Å². The Morgan fingerprint density at radius 2 is 1.67 bits per heavy atom. The molecular weight excluding hydrogens is 364 g/mol. The smallest absolute Gasteiger partial charge is 0.267 e. The molecule has 0 bridgehead atoms. The second-order valence-corrected chi connectivity index (χ2v) is 7.67. The summed E-state index contributed by atoms with van der Waals surface area (Å²) >= 11 is 0. The summed E-state index contributed by atoms with van der Waals surface area (Å²) < 4.78 is 26.3. The molecule has 0 aliphatic rings. The molecule has 0 saturated heterocycles. The van der Waals surface area contributed by atoms with Gasteiger partial charge in [-0.15, -0.1) is 0 Å². The number of nitrogens with zero attached hydrogens (tertiary/aromatic N) is 1. The summed E-state index contributed by atoms with van der Waals surface area (Å²) in [7, 11) is -3.48. The summed E-state index contributed by atoms with van der Waals surface area (Å²) in [6.07, 6.45) is 2.92. The Balaban J connectivity index is 1.90. The fraction of sp³-hybridized carbons (Fsp3) is 0.250. The number of sulfonamides is 1. The molecule has 144 valence electrons. The quantitative estimate of drug-likeness (QED) is 0.529. The average Bonchev–Trinajstić information content (AvgIpc) is 2.68. The van der Waals surface area contributed by atoms with Gasteiger partial charge < -0.3 is 0 Å². The minimum Gasteiger partial charge on any atom is -0.269 e. The molecule has 0 aliphatic heterocycles. The van der Waals surface area contributed by atoms with Crippen LogP contribution in [0.2, 0.25) is 0 Å². The highest BCUT2D eigenvalue weighted by molar-refractivity contribution is 7.89. The van der Waals surface area contributed by atoms with Crippen LogP contribution in [0.3, 0.4) is 0 Å². The number of rotatable bonds is 9. The molecule has 0 heterocycles. The monoisotopic (exact) mass is 388 g/mol. The van der Waals surface area contributed by atoms with Crippen LogP contribution in [0.25, 0.3) is 6.08 Å². The van der Waals surface area contributed by atoms with Gasteiger partial charge in [-0.25, -0.2) is 13.9 Å². The van der Waals surface area contributed by atoms with E-state index in [2.05, 4.69) is 5.48 Å². The number of carbonyl (C=O) groups is 1. The van der Waals surface area contributed by atoms with E-state index in [1.807, 2.05) is 30.3 Å². The van der Waals surface area contributed by atoms with Gasteiger partial charge in [0.1, 0.15) is 0 Å². The lowest BCUT2D eigenvalue weighted by atomic mass is 10.2. The largest absolute Gasteiger partial charge is 0.269 e. The molecule has 7 heteroatoms. The van der Waals surface area contributed by atoms with Gasteiger partial charge >= 0.3 is 0 Å². The summed E-state index contributed by atoms with van der Waals surface area (Å²) in [6, 6.07) is 15.9. The predicted octanol–water partition coefficient (Wildman–Crippen LogP) is 2.98. The topological polar surface area (TPSA) is 75.7 Å². The Morgan fingerprint density at radius 3 is 2.26 bits per heavy atom. The van der Waals surface area contributed by atoms with E-state index in [0.717, 1.165) is 5.56 Å². The van der Waals surface area contributed by atoms with Gasteiger partial charge in [0.25, 0.3) is 5.91 Å². The second-order valence-electron chi connectivity index (χ2n) is 5.73. The number of hydroxylamine groups is 1. The second kappa shape index (κ2) is 10.0. The summed E-state index contributed by atoms with van der Waals surface area (Å²) in [5.74, 6) is -0.397. The van der Waals surface area contributed by atoms with Crippen LogP contribution in [0.5, 0.6) is 0 Å². The Bertz CT molecular complexity index is 859. The van der Waals surface area contributed by atoms with Gasteiger partial charge in [-0.1, -0.05) is 56.3 Å². The zero-order valence-electron chi connectivity index (χ0n) is 15.5. The maximum atomic E-state index is 12.4. The van der Waals surface area contributed by atoms with Crippen molar-refractivity contribution in [3.8, 4) is 0 Å². The maximum absolute atomic E-state index is 12.4. The van der Waals surface area contributed by atoms with Crippen molar-refractivity contribution in [3.63, 3.8) is 0 Å². The van der Waals surface area contributed by atoms with E-state index >= 15 is 0 Å². The lowest BCUT2D eigenvalue weighted by Crippen LogP contribution is -2.30. The van der Waals surface area contributed by atoms with Gasteiger partial charge in [0, 0.05) is 19.2 Å². The Kier molecular flexibility index (Phi) is 7.72. The molecule has 2 aromatic rings. The van der Waals surface area contributed by atoms with Crippen molar-refractivity contribution in [3.05, 3.63) is 71.8 Å². The zero-order valence-corrected chi connectivity index (χ0v) is 16.3. The highest BCUT2D eigenvalue weighted by Gasteiger charge is 2.20. The lowest BCUT2D eigenvalue weighted by Gasteiger charge is -2.18. The van der Waals surface area contributed by atoms with E-state index < -0.39 is 15.9 Å². The van der Waals surface area contributed by atoms with Crippen LogP contribution in [0.4, 0.5) is 0 Å². The molecule has 0 aliphatic carbocycles. The standard InChI is InChI=1S/C20H24N2O4S/c1-3-22(4-2)27(24,25)19-13-10-17(11-14-19)12-15-20(23)21-26-16-18-8-6-5-7-9-18/h5-15H,3-4,16H2,1-2H3,(H,21,23)/b15-12+. The summed E-state index contributed by atoms with van der Waals surface area (Å²) in [4.78, 5) is 17.2. The molecule has 2 aromatic carbocycles. The first kappa shape index (κ1) is 20.8. The minimum atomic E-state index is -3.48. The number of benzene rings is 2. The van der Waals surface area contributed by atoms with Crippen molar-refractivity contribution in [2.24, 2.45) is 0 Å². The Hall–Kier alpha value is -2.48. The summed E-state index contributed by atoms with van der Waals surface area (Å²) in [5, 5.41) is 0. The SMILES string of the molecule is CCN(CC)S(=O)(=O)c1ccc(/C=C/C(=O)NOCc2ccccc2)cc1. The molecule has 1 N–H and O–H groups in total. The van der Waals surface area contributed by atoms with Crippen LogP contribution in [-0.4, -0.2) is 31.7 Å². The maximum Gasteiger partial charge on any atom is 0.267 e. The summed E-state index contributed by atoms with van der Waals surface area (Å²) in [5.41, 5.74) is 4.00. The third-order valence-electron chi connectivity index (χ3n) is 3.90. The van der Waals surface area contributed by atoms with Gasteiger partial charge in [0.2, 0.25) is 10.0 Å². The normalized spacial score (nSPS) is 11.8. The number of amides is 1. The van der Waals surface area contributed by atoms with Crippen molar-refractivity contribution in [1.82, 2.24) is 9.79 Å². The molecular formula is C20H24N2O4S. The van der Waals surface area contributed by atoms with Gasteiger partial charge in [-0.3, -0.25) is 9.63 Å². The van der Waals surface area contributed by atoms with Crippen LogP contribution in [0.1, 0.15) is 25.0 Å². The Labute approximate surface area is 160 Å². The molecule has 0 atom stereocenters. The van der Waals surface area contributed by atoms with E-state index in [1.54, 1.807) is 32.1 Å². The van der Waals surface area contributed by atoms with Gasteiger partial charge in [-0.2, -0.15) is 4.31 Å². The lowest BCUT2D eigenvalue weighted by molar-refractivity contribution is -0.129. The zero-order chi connectivity index (χ0) is 19.7. The van der Waals surface area contributed by atoms with E-state index in [-0.39, 0.29) is 11.5 Å². The highest BCUT2D eigenvalue weighted by atomic mass is 32.2. The Morgan fingerprint density at radius 1 is 1.04 bits per heavy atom. The number of hydrogen-bond donors (Lipinski definition) is 1. The molecule has 0 unspecified atom stereocenters. The average molecular weight is 388 g/mol. The van der Waals surface area contributed by atoms with Crippen molar-refractivity contribution in [1.29, 1.82) is 0 Å². The molecule has 27 heavy (non-hydrogen) atoms. The van der Waals surface area contributed by atoms with E-state index in [1.165, 1.54) is 22.5 Å². The molecule has 2 rings (SSSR count). The van der Waals surface area contributed by atoms with Crippen LogP contribution in [-0.2, 0) is 26.3 Å². The summed E-state index contributed by atoms with van der Waals surface area (Å²) in [6.45, 7) is 4.72. The molecule has 0 aromatic heterocycles. The highest BCUT2D eigenvalue weighted by Crippen LogP contribution is 2.16. The third-order valence-corrected chi connectivity index (χ3v) is 5.97. The molecule has 0 spiro atoms. The van der Waals surface area contributed by atoms with Crippen LogP contribution in [0.15, 0.2) is 65.6 Å². The minimum absolute atomic E-state index is 0.235. The number of hydrogen-bond acceptors (Lipinski definition) is 4. The molecule has 0 saturated carbocycles. The predicted molar refractivity (Wildman–Crippen MR) is 105 cm³/mol. The van der Waals surface area contributed by atoms with E-state index in [0.29, 0.717) is 18.7 Å². The molecule has 0 radical (unpaired) electrons. The fourth-order valence-corrected chi connectivity index (χ4v) is 3.89. The third kappa shape index (κ3) is 6.02. The van der Waals surface area contributed by atoms with Gasteiger partial charge in [-0.05, 0) is 29.3 Å². The first-order valence-electron chi connectivity index (χ1n) is 8.71. The first-order chi connectivity index (χ1) is 13.0. The van der Waals surface area contributed by atoms with Gasteiger partial charge in [0.05, 0.1) is 11.5 Å². The van der Waals surface area contributed by atoms with Crippen molar-refractivity contribution >= 4 is 22.0 Å². The molecule has 0 fully saturated rings. The van der Waals surface area contributed by atoms with Crippen molar-refractivity contribution in [2.75, 3.05) is 13.1 Å². The number of carbonyl (C=O) groups excluding carboxylic acids is 1. The van der Waals surface area contributed by atoms with E-state index in [9.17, 15) is 13.2 Å². The van der Waals surface area contributed by atoms with Crippen molar-refractivity contribution in [2.45, 2.75) is 25.3 Å². The molecule has 1 amide bonds. The molecule has 6 nitrogen and oxygen atoms in total. The van der Waals surface area contributed by atoms with Gasteiger partial charge in [0.15, 0.2) is 0 Å². The fourth-order valence-electron chi connectivity index (χ4n) is 2.43. The van der Waals surface area contributed by atoms with E-state index in [4.69, 9.17) is 4.84 Å². The van der Waals surface area contributed by atoms with Crippen LogP contribution < -0.4 is 5.48 Å². The first-order valence-corrected chi connectivity index (χ1v) is 10.1.